The van der Waals surface area contributed by atoms with Crippen LogP contribution in [0.25, 0.3) is 0 Å². The fourth-order valence-electron chi connectivity index (χ4n) is 1.36. The predicted octanol–water partition coefficient (Wildman–Crippen LogP) is 2.17. The van der Waals surface area contributed by atoms with Crippen molar-refractivity contribution in [3.8, 4) is 5.75 Å². The van der Waals surface area contributed by atoms with Gasteiger partial charge in [-0.3, -0.25) is 10.1 Å². The second-order valence-corrected chi connectivity index (χ2v) is 3.85. The van der Waals surface area contributed by atoms with E-state index in [-0.39, 0.29) is 28.7 Å². The Balaban J connectivity index is 3.25. The van der Waals surface area contributed by atoms with Crippen molar-refractivity contribution in [2.75, 3.05) is 0 Å². The van der Waals surface area contributed by atoms with Crippen LogP contribution in [0.4, 0.5) is 5.69 Å². The number of aromatic hydroxyl groups is 1. The van der Waals surface area contributed by atoms with Crippen molar-refractivity contribution in [1.29, 1.82) is 0 Å². The number of carbonyl (C=O) groups excluding carboxylic acids is 1. The second kappa shape index (κ2) is 4.82. The van der Waals surface area contributed by atoms with Gasteiger partial charge < -0.3 is 9.84 Å². The highest BCUT2D eigenvalue weighted by atomic mass is 16.6. The van der Waals surface area contributed by atoms with Crippen LogP contribution in [0.1, 0.15) is 29.8 Å². The Morgan fingerprint density at radius 2 is 2.06 bits per heavy atom. The summed E-state index contributed by atoms with van der Waals surface area (Å²) in [6.07, 6.45) is -0.330. The maximum Gasteiger partial charge on any atom is 0.339 e. The van der Waals surface area contributed by atoms with Crippen LogP contribution < -0.4 is 0 Å². The molecule has 0 aliphatic heterocycles. The van der Waals surface area contributed by atoms with Gasteiger partial charge in [0.1, 0.15) is 5.75 Å². The Morgan fingerprint density at radius 3 is 2.53 bits per heavy atom. The minimum Gasteiger partial charge on any atom is -0.508 e. The van der Waals surface area contributed by atoms with E-state index in [1.807, 2.05) is 0 Å². The van der Waals surface area contributed by atoms with Crippen LogP contribution in [0.15, 0.2) is 12.1 Å². The fraction of sp³-hybridized carbons (Fsp3) is 0.364. The van der Waals surface area contributed by atoms with Gasteiger partial charge in [0.15, 0.2) is 0 Å². The first-order valence-corrected chi connectivity index (χ1v) is 5.02. The van der Waals surface area contributed by atoms with E-state index in [0.717, 1.165) is 12.1 Å². The molecule has 0 spiro atoms. The molecule has 0 amide bonds. The Hall–Kier alpha value is -2.11. The van der Waals surface area contributed by atoms with Gasteiger partial charge in [-0.2, -0.15) is 0 Å². The summed E-state index contributed by atoms with van der Waals surface area (Å²) < 4.78 is 4.93. The number of phenols is 1. The van der Waals surface area contributed by atoms with E-state index < -0.39 is 10.9 Å². The summed E-state index contributed by atoms with van der Waals surface area (Å²) >= 11 is 0. The molecule has 1 N–H and O–H groups in total. The van der Waals surface area contributed by atoms with Crippen molar-refractivity contribution in [3.05, 3.63) is 33.4 Å². The maximum absolute atomic E-state index is 11.6. The molecule has 0 atom stereocenters. The highest BCUT2D eigenvalue weighted by Gasteiger charge is 2.21. The van der Waals surface area contributed by atoms with Crippen LogP contribution in [0.3, 0.4) is 0 Å². The normalized spacial score (nSPS) is 10.4. The summed E-state index contributed by atoms with van der Waals surface area (Å²) in [7, 11) is 0. The second-order valence-electron chi connectivity index (χ2n) is 3.85. The van der Waals surface area contributed by atoms with Crippen molar-refractivity contribution in [1.82, 2.24) is 0 Å². The van der Waals surface area contributed by atoms with Gasteiger partial charge in [0.2, 0.25) is 0 Å². The van der Waals surface area contributed by atoms with Crippen molar-refractivity contribution < 1.29 is 19.6 Å². The van der Waals surface area contributed by atoms with Crippen molar-refractivity contribution in [3.63, 3.8) is 0 Å². The van der Waals surface area contributed by atoms with Crippen LogP contribution in [0.5, 0.6) is 5.75 Å². The summed E-state index contributed by atoms with van der Waals surface area (Å²) in [5.41, 5.74) is -0.121. The van der Waals surface area contributed by atoms with Crippen molar-refractivity contribution >= 4 is 11.7 Å². The third kappa shape index (κ3) is 2.93. The Labute approximate surface area is 98.0 Å². The molecule has 6 heteroatoms. The molecule has 0 aliphatic rings. The summed E-state index contributed by atoms with van der Waals surface area (Å²) in [5.74, 6) is -1.02. The lowest BCUT2D eigenvalue weighted by molar-refractivity contribution is -0.385. The number of phenolic OH excluding ortho intramolecular Hbond substituents is 1. The van der Waals surface area contributed by atoms with Gasteiger partial charge >= 0.3 is 5.97 Å². The third-order valence-corrected chi connectivity index (χ3v) is 2.12. The van der Waals surface area contributed by atoms with Crippen LogP contribution in [0.2, 0.25) is 0 Å². The van der Waals surface area contributed by atoms with Gasteiger partial charge in [-0.05, 0) is 26.8 Å². The first-order chi connectivity index (χ1) is 7.82. The third-order valence-electron chi connectivity index (χ3n) is 2.12. The molecule has 0 bridgehead atoms. The lowest BCUT2D eigenvalue weighted by atomic mass is 10.1. The Kier molecular flexibility index (Phi) is 3.67. The monoisotopic (exact) mass is 239 g/mol. The molecule has 92 valence electrons. The number of carbonyl (C=O) groups is 1. The molecule has 17 heavy (non-hydrogen) atoms. The molecule has 0 aromatic heterocycles. The molecule has 0 aliphatic carbocycles. The van der Waals surface area contributed by atoms with Gasteiger partial charge in [-0.1, -0.05) is 0 Å². The maximum atomic E-state index is 11.6. The van der Waals surface area contributed by atoms with Gasteiger partial charge in [0.25, 0.3) is 5.69 Å². The standard InChI is InChI=1S/C11H13NO5/c1-6(2)17-11(14)9-4-8(13)5-10(7(9)3)12(15)16/h4-6,13H,1-3H3. The largest absolute Gasteiger partial charge is 0.508 e. The van der Waals surface area contributed by atoms with E-state index in [0.29, 0.717) is 0 Å². The number of ether oxygens (including phenoxy) is 1. The smallest absolute Gasteiger partial charge is 0.339 e. The number of nitro benzene ring substituents is 1. The average Bonchev–Trinajstić information content (AvgIpc) is 2.19. The lowest BCUT2D eigenvalue weighted by Gasteiger charge is -2.10. The summed E-state index contributed by atoms with van der Waals surface area (Å²) in [4.78, 5) is 21.7. The minimum absolute atomic E-state index is 0.00500. The Morgan fingerprint density at radius 1 is 1.47 bits per heavy atom. The topological polar surface area (TPSA) is 89.7 Å². The fourth-order valence-corrected chi connectivity index (χ4v) is 1.36. The Bertz CT molecular complexity index is 467. The molecule has 0 saturated carbocycles. The number of esters is 1. The zero-order valence-corrected chi connectivity index (χ0v) is 9.76. The molecule has 0 unspecified atom stereocenters. The van der Waals surface area contributed by atoms with Gasteiger partial charge in [-0.25, -0.2) is 4.79 Å². The highest BCUT2D eigenvalue weighted by Crippen LogP contribution is 2.27. The average molecular weight is 239 g/mol. The van der Waals surface area contributed by atoms with Crippen LogP contribution in [-0.2, 0) is 4.74 Å². The molecule has 0 saturated heterocycles. The molecule has 1 aromatic carbocycles. The van der Waals surface area contributed by atoms with E-state index in [2.05, 4.69) is 0 Å². The van der Waals surface area contributed by atoms with Crippen LogP contribution in [0, 0.1) is 17.0 Å². The van der Waals surface area contributed by atoms with Crippen molar-refractivity contribution in [2.45, 2.75) is 26.9 Å². The van der Waals surface area contributed by atoms with Gasteiger partial charge in [0, 0.05) is 5.56 Å². The summed E-state index contributed by atoms with van der Waals surface area (Å²) in [5, 5.41) is 20.1. The quantitative estimate of drug-likeness (QED) is 0.496. The minimum atomic E-state index is -0.684. The molecule has 1 aromatic rings. The number of rotatable bonds is 3. The van der Waals surface area contributed by atoms with Gasteiger partial charge in [0.05, 0.1) is 22.7 Å². The van der Waals surface area contributed by atoms with Crippen LogP contribution >= 0.6 is 0 Å². The highest BCUT2D eigenvalue weighted by molar-refractivity contribution is 5.93. The van der Waals surface area contributed by atoms with E-state index >= 15 is 0 Å². The van der Waals surface area contributed by atoms with Crippen molar-refractivity contribution in [2.24, 2.45) is 0 Å². The molecule has 0 heterocycles. The first kappa shape index (κ1) is 13.0. The zero-order valence-electron chi connectivity index (χ0n) is 9.76. The molecular weight excluding hydrogens is 226 g/mol. The van der Waals surface area contributed by atoms with E-state index in [4.69, 9.17) is 4.74 Å². The molecule has 0 fully saturated rings. The van der Waals surface area contributed by atoms with Crippen LogP contribution in [-0.4, -0.2) is 22.1 Å². The van der Waals surface area contributed by atoms with E-state index in [9.17, 15) is 20.0 Å². The number of nitrogens with zero attached hydrogens (tertiary/aromatic N) is 1. The lowest BCUT2D eigenvalue weighted by Crippen LogP contribution is -2.13. The summed E-state index contributed by atoms with van der Waals surface area (Å²) in [6.45, 7) is 4.78. The summed E-state index contributed by atoms with van der Waals surface area (Å²) in [6, 6.07) is 2.16. The SMILES string of the molecule is Cc1c(C(=O)OC(C)C)cc(O)cc1[N+](=O)[O-]. The molecular formula is C11H13NO5. The predicted molar refractivity (Wildman–Crippen MR) is 60.0 cm³/mol. The van der Waals surface area contributed by atoms with Gasteiger partial charge in [-0.15, -0.1) is 0 Å². The van der Waals surface area contributed by atoms with E-state index in [1.165, 1.54) is 6.92 Å². The van der Waals surface area contributed by atoms with E-state index in [1.54, 1.807) is 13.8 Å². The number of nitro groups is 1. The molecule has 0 radical (unpaired) electrons. The molecule has 6 nitrogen and oxygen atoms in total. The number of hydrogen-bond donors (Lipinski definition) is 1. The number of benzene rings is 1. The first-order valence-electron chi connectivity index (χ1n) is 5.02. The number of hydrogen-bond acceptors (Lipinski definition) is 5. The zero-order chi connectivity index (χ0) is 13.2. The molecule has 1 rings (SSSR count).